The van der Waals surface area contributed by atoms with Gasteiger partial charge in [-0.2, -0.15) is 0 Å². The number of hydrogen-bond donors (Lipinski definition) is 0. The molecule has 0 amide bonds. The summed E-state index contributed by atoms with van der Waals surface area (Å²) in [6.07, 6.45) is 0.546. The van der Waals surface area contributed by atoms with Gasteiger partial charge in [0.2, 0.25) is 0 Å². The molecule has 0 saturated heterocycles. The van der Waals surface area contributed by atoms with Crippen molar-refractivity contribution in [1.29, 1.82) is 0 Å². The Bertz CT molecular complexity index is 492. The van der Waals surface area contributed by atoms with Crippen molar-refractivity contribution in [3.63, 3.8) is 0 Å². The van der Waals surface area contributed by atoms with E-state index in [2.05, 4.69) is 30.4 Å². The van der Waals surface area contributed by atoms with Crippen LogP contribution in [0.2, 0.25) is 0 Å². The second kappa shape index (κ2) is 6.88. The van der Waals surface area contributed by atoms with Crippen LogP contribution < -0.4 is 0 Å². The van der Waals surface area contributed by atoms with Gasteiger partial charge in [-0.3, -0.25) is 4.99 Å². The monoisotopic (exact) mass is 296 g/mol. The van der Waals surface area contributed by atoms with E-state index in [1.54, 1.807) is 25.5 Å². The first-order valence-electron chi connectivity index (χ1n) is 6.58. The number of aromatic nitrogens is 1. The van der Waals surface area contributed by atoms with Crippen LogP contribution in [0.15, 0.2) is 22.7 Å². The average Bonchev–Trinajstić information content (AvgIpc) is 2.83. The van der Waals surface area contributed by atoms with Gasteiger partial charge in [-0.05, 0) is 13.8 Å². The van der Waals surface area contributed by atoms with E-state index < -0.39 is 0 Å². The van der Waals surface area contributed by atoms with Crippen LogP contribution in [-0.4, -0.2) is 25.0 Å². The van der Waals surface area contributed by atoms with Crippen molar-refractivity contribution in [3.05, 3.63) is 28.4 Å². The van der Waals surface area contributed by atoms with E-state index in [1.165, 1.54) is 0 Å². The minimum Gasteiger partial charge on any atom is -0.501 e. The van der Waals surface area contributed by atoms with Crippen LogP contribution in [-0.2, 0) is 9.47 Å². The summed E-state index contributed by atoms with van der Waals surface area (Å²) in [5.41, 5.74) is 0.797. The van der Waals surface area contributed by atoms with Crippen LogP contribution in [0.3, 0.4) is 0 Å². The molecule has 0 bridgehead atoms. The summed E-state index contributed by atoms with van der Waals surface area (Å²) >= 11 is 1.61. The van der Waals surface area contributed by atoms with E-state index in [-0.39, 0.29) is 11.5 Å². The maximum atomic E-state index is 5.93. The van der Waals surface area contributed by atoms with Gasteiger partial charge in [0, 0.05) is 30.0 Å². The molecule has 5 heteroatoms. The van der Waals surface area contributed by atoms with Gasteiger partial charge in [-0.25, -0.2) is 4.98 Å². The number of thiazole rings is 1. The van der Waals surface area contributed by atoms with Crippen molar-refractivity contribution in [1.82, 2.24) is 4.98 Å². The molecule has 0 aromatic carbocycles. The Kier molecular flexibility index (Phi) is 5.74. The van der Waals surface area contributed by atoms with Crippen molar-refractivity contribution < 1.29 is 9.47 Å². The Morgan fingerprint density at radius 1 is 1.55 bits per heavy atom. The molecule has 0 saturated carbocycles. The maximum absolute atomic E-state index is 5.93. The van der Waals surface area contributed by atoms with Crippen LogP contribution in [0.1, 0.15) is 44.0 Å². The van der Waals surface area contributed by atoms with Gasteiger partial charge < -0.3 is 9.47 Å². The smallest absolute Gasteiger partial charge is 0.184 e. The van der Waals surface area contributed by atoms with Crippen LogP contribution in [0.25, 0.3) is 0 Å². The molecule has 0 spiro atoms. The molecule has 0 aliphatic rings. The number of aliphatic imine (C=N–C) groups is 1. The zero-order valence-corrected chi connectivity index (χ0v) is 14.0. The van der Waals surface area contributed by atoms with Gasteiger partial charge in [-0.1, -0.05) is 20.4 Å². The third kappa shape index (κ3) is 4.34. The highest BCUT2D eigenvalue weighted by molar-refractivity contribution is 7.09. The molecule has 112 valence electrons. The fourth-order valence-electron chi connectivity index (χ4n) is 1.74. The fraction of sp³-hybridized carbons (Fsp3) is 0.600. The van der Waals surface area contributed by atoms with Crippen molar-refractivity contribution in [2.24, 2.45) is 10.4 Å². The van der Waals surface area contributed by atoms with Gasteiger partial charge in [0.25, 0.3) is 0 Å². The second-order valence-corrected chi connectivity index (χ2v) is 6.28. The molecule has 1 aromatic rings. The van der Waals surface area contributed by atoms with Gasteiger partial charge in [0.05, 0.1) is 12.9 Å². The minimum atomic E-state index is -0.220. The lowest BCUT2D eigenvalue weighted by Crippen LogP contribution is -2.22. The molecule has 1 unspecified atom stereocenters. The van der Waals surface area contributed by atoms with Crippen molar-refractivity contribution in [2.75, 3.05) is 14.2 Å². The number of hydrogen-bond acceptors (Lipinski definition) is 5. The number of rotatable bonds is 6. The molecule has 4 nitrogen and oxygen atoms in total. The summed E-state index contributed by atoms with van der Waals surface area (Å²) in [5, 5.41) is 2.99. The maximum Gasteiger partial charge on any atom is 0.184 e. The third-order valence-electron chi connectivity index (χ3n) is 3.14. The Labute approximate surface area is 125 Å². The molecular formula is C15H24N2O2S. The van der Waals surface area contributed by atoms with Crippen molar-refractivity contribution in [3.8, 4) is 0 Å². The number of aryl methyl sites for hydroxylation is 1. The summed E-state index contributed by atoms with van der Waals surface area (Å²) in [6.45, 7) is 12.0. The summed E-state index contributed by atoms with van der Waals surface area (Å²) in [6, 6.07) is 0. The highest BCUT2D eigenvalue weighted by Gasteiger charge is 2.27. The quantitative estimate of drug-likeness (QED) is 0.450. The first-order valence-corrected chi connectivity index (χ1v) is 7.46. The summed E-state index contributed by atoms with van der Waals surface area (Å²) in [5.74, 6) is 1.41. The van der Waals surface area contributed by atoms with E-state index >= 15 is 0 Å². The molecule has 0 aliphatic heterocycles. The zero-order valence-electron chi connectivity index (χ0n) is 13.2. The van der Waals surface area contributed by atoms with Crippen molar-refractivity contribution in [2.45, 2.75) is 40.2 Å². The van der Waals surface area contributed by atoms with Crippen LogP contribution in [0.5, 0.6) is 0 Å². The Morgan fingerprint density at radius 3 is 2.65 bits per heavy atom. The number of nitrogens with zero attached hydrogens (tertiary/aromatic N) is 2. The predicted molar refractivity (Wildman–Crippen MR) is 84.3 cm³/mol. The van der Waals surface area contributed by atoms with Gasteiger partial charge >= 0.3 is 0 Å². The van der Waals surface area contributed by atoms with Gasteiger partial charge in [-0.15, -0.1) is 11.3 Å². The normalized spacial score (nSPS) is 14.0. The van der Waals surface area contributed by atoms with Crippen molar-refractivity contribution >= 4 is 17.2 Å². The van der Waals surface area contributed by atoms with E-state index in [1.807, 2.05) is 19.2 Å². The molecule has 0 fully saturated rings. The van der Waals surface area contributed by atoms with Crippen LogP contribution >= 0.6 is 11.3 Å². The molecular weight excluding hydrogens is 272 g/mol. The van der Waals surface area contributed by atoms with Gasteiger partial charge in [0.1, 0.15) is 11.1 Å². The first kappa shape index (κ1) is 16.7. The van der Waals surface area contributed by atoms with Gasteiger partial charge in [0.15, 0.2) is 5.90 Å². The Hall–Kier alpha value is -1.36. The lowest BCUT2D eigenvalue weighted by molar-refractivity contribution is 0.170. The summed E-state index contributed by atoms with van der Waals surface area (Å²) in [7, 11) is 3.37. The molecule has 0 radical (unpaired) electrons. The number of allylic oxidation sites excluding steroid dienone is 1. The Morgan fingerprint density at radius 2 is 2.20 bits per heavy atom. The Balaban J connectivity index is 2.71. The summed E-state index contributed by atoms with van der Waals surface area (Å²) in [4.78, 5) is 8.68. The fourth-order valence-corrected chi connectivity index (χ4v) is 2.52. The zero-order chi connectivity index (χ0) is 15.3. The first-order chi connectivity index (χ1) is 9.30. The minimum absolute atomic E-state index is 0.0981. The molecule has 0 aliphatic carbocycles. The van der Waals surface area contributed by atoms with E-state index in [9.17, 15) is 0 Å². The largest absolute Gasteiger partial charge is 0.501 e. The van der Waals surface area contributed by atoms with Crippen LogP contribution in [0.4, 0.5) is 0 Å². The van der Waals surface area contributed by atoms with E-state index in [0.717, 1.165) is 16.5 Å². The molecule has 1 heterocycles. The topological polar surface area (TPSA) is 43.7 Å². The second-order valence-electron chi connectivity index (χ2n) is 5.39. The standard InChI is InChI=1S/C15H24N2O2S/c1-10-9-20-14(17-10)11(2)19-13(16-6)8-15(4,5)12(3)18-7/h9,11H,3,8H2,1-2,4-7H3. The summed E-state index contributed by atoms with van der Waals surface area (Å²) < 4.78 is 11.2. The highest BCUT2D eigenvalue weighted by Crippen LogP contribution is 2.31. The molecule has 1 aromatic heterocycles. The highest BCUT2D eigenvalue weighted by atomic mass is 32.1. The molecule has 1 rings (SSSR count). The molecule has 0 N–H and O–H groups in total. The lowest BCUT2D eigenvalue weighted by Gasteiger charge is -2.27. The van der Waals surface area contributed by atoms with E-state index in [0.29, 0.717) is 12.3 Å². The van der Waals surface area contributed by atoms with Crippen LogP contribution in [0, 0.1) is 12.3 Å². The molecule has 20 heavy (non-hydrogen) atoms. The number of methoxy groups -OCH3 is 1. The van der Waals surface area contributed by atoms with E-state index in [4.69, 9.17) is 9.47 Å². The molecule has 1 atom stereocenters. The lowest BCUT2D eigenvalue weighted by atomic mass is 9.87. The predicted octanol–water partition coefficient (Wildman–Crippen LogP) is 4.13. The number of ether oxygens (including phenoxy) is 2. The average molecular weight is 296 g/mol. The SMILES string of the molecule is C=C(OC)C(C)(C)CC(=NC)OC(C)c1nc(C)cs1. The third-order valence-corrected chi connectivity index (χ3v) is 4.26.